The number of allylic oxidation sites excluding steroid dienone is 5. The molecule has 372 valence electrons. The fraction of sp³-hybridized carbons (Fsp3) is 0.700. The molecule has 10 aliphatic rings. The first-order valence-electron chi connectivity index (χ1n) is 26.4. The molecule has 6 fully saturated rings. The highest BCUT2D eigenvalue weighted by Crippen LogP contribution is 2.78. The van der Waals surface area contributed by atoms with Gasteiger partial charge in [0.05, 0.1) is 25.0 Å². The SMILES string of the molecule is COC(=O)[C@]1(C)CC[C@]2(C)CC[C@@]3(C)C4=CC=C5C(=CC(=O)[C@@]6(O)Oc7cc8c(c(C)c7O[C@@]56C)C(=O)C=C5[C@]8(C)CC[C@]6(C)[C@H]7C[C@](C)(C(=O)OC)CC[C@]7(C)CC[C@@]56C)[C@@]4(C)CC[C@]3(C)[C@H]2C1. The second-order valence-corrected chi connectivity index (χ2v) is 27.2. The van der Waals surface area contributed by atoms with Crippen molar-refractivity contribution in [2.45, 2.75) is 190 Å². The summed E-state index contributed by atoms with van der Waals surface area (Å²) >= 11 is 0. The summed E-state index contributed by atoms with van der Waals surface area (Å²) in [4.78, 5) is 56.5. The van der Waals surface area contributed by atoms with Gasteiger partial charge in [0.25, 0.3) is 0 Å². The third-order valence-corrected chi connectivity index (χ3v) is 24.2. The van der Waals surface area contributed by atoms with Crippen molar-refractivity contribution in [1.29, 1.82) is 0 Å². The number of fused-ring (bicyclic) bond motifs is 17. The lowest BCUT2D eigenvalue weighted by Gasteiger charge is -2.70. The Hall–Kier alpha value is -3.98. The number of carbonyl (C=O) groups is 4. The number of aliphatic hydroxyl groups is 1. The van der Waals surface area contributed by atoms with E-state index in [9.17, 15) is 24.3 Å². The molecule has 1 aromatic carbocycles. The molecule has 69 heavy (non-hydrogen) atoms. The predicted octanol–water partition coefficient (Wildman–Crippen LogP) is 12.1. The highest BCUT2D eigenvalue weighted by molar-refractivity contribution is 6.10. The first kappa shape index (κ1) is 47.4. The zero-order chi connectivity index (χ0) is 49.9. The van der Waals surface area contributed by atoms with E-state index in [1.807, 2.05) is 19.1 Å². The molecule has 6 saturated carbocycles. The molecule has 9 nitrogen and oxygen atoms in total. The van der Waals surface area contributed by atoms with E-state index in [1.165, 1.54) is 19.8 Å². The van der Waals surface area contributed by atoms with Gasteiger partial charge in [-0.25, -0.2) is 0 Å². The van der Waals surface area contributed by atoms with Crippen molar-refractivity contribution in [1.82, 2.24) is 0 Å². The second-order valence-electron chi connectivity index (χ2n) is 27.2. The Labute approximate surface area is 410 Å². The average Bonchev–Trinajstić information content (AvgIpc) is 3.30. The maximum absolute atomic E-state index is 15.0. The molecule has 9 heteroatoms. The number of rotatable bonds is 2. The van der Waals surface area contributed by atoms with Crippen LogP contribution < -0.4 is 9.47 Å². The minimum atomic E-state index is -2.37. The number of esters is 2. The Balaban J connectivity index is 0.968. The first-order valence-corrected chi connectivity index (χ1v) is 26.4. The molecule has 1 aromatic rings. The average molecular weight is 943 g/mol. The molecule has 0 bridgehead atoms. The van der Waals surface area contributed by atoms with Crippen LogP contribution >= 0.6 is 0 Å². The van der Waals surface area contributed by atoms with Crippen LogP contribution in [0, 0.1) is 67.5 Å². The van der Waals surface area contributed by atoms with Crippen LogP contribution in [-0.4, -0.2) is 54.2 Å². The minimum absolute atomic E-state index is 0.0570. The minimum Gasteiger partial charge on any atom is -0.471 e. The standard InChI is InChI=1S/C60H78O9/c1-34-45-37(54(7)24-28-58(11)43-33-52(5,48(64)67-14)20-18-50(43,3)22-26-56(58,9)41(54)31-38(45)61)29-39-46(34)69-59(12)35-15-16-40-53(6,36(35)30-44(62)60(59,65)68-39)23-27-57(10)42-32-51(4,47(63)66-13)19-17-49(42,2)21-25-55(40,57)8/h15-16,29-31,42-43,65H,17-28,32-33H2,1-14H3/t42-,43-,49+,50+,51+,52+,53+,54+,55-,56-,57+,58+,59-,60+/m0/s1. The molecule has 0 radical (unpaired) electrons. The topological polar surface area (TPSA) is 125 Å². The Bertz CT molecular complexity index is 2720. The summed E-state index contributed by atoms with van der Waals surface area (Å²) in [7, 11) is 3.01. The quantitative estimate of drug-likeness (QED) is 0.289. The summed E-state index contributed by atoms with van der Waals surface area (Å²) in [6, 6.07) is 1.91. The largest absolute Gasteiger partial charge is 0.471 e. The molecule has 9 aliphatic carbocycles. The Morgan fingerprint density at radius 1 is 0.609 bits per heavy atom. The third-order valence-electron chi connectivity index (χ3n) is 24.2. The van der Waals surface area contributed by atoms with E-state index in [0.717, 1.165) is 112 Å². The Morgan fingerprint density at radius 2 is 1.12 bits per heavy atom. The van der Waals surface area contributed by atoms with Crippen LogP contribution in [0.25, 0.3) is 0 Å². The van der Waals surface area contributed by atoms with Gasteiger partial charge in [0.15, 0.2) is 17.3 Å². The van der Waals surface area contributed by atoms with E-state index in [4.69, 9.17) is 18.9 Å². The molecule has 11 rings (SSSR count). The maximum atomic E-state index is 15.0. The lowest BCUT2D eigenvalue weighted by atomic mass is 9.34. The fourth-order valence-electron chi connectivity index (χ4n) is 18.9. The van der Waals surface area contributed by atoms with Gasteiger partial charge in [-0.15, -0.1) is 0 Å². The van der Waals surface area contributed by atoms with Gasteiger partial charge in [-0.05, 0) is 197 Å². The van der Waals surface area contributed by atoms with Crippen LogP contribution in [0.4, 0.5) is 0 Å². The Kier molecular flexibility index (Phi) is 9.43. The number of carbonyl (C=O) groups excluding carboxylic acids is 4. The summed E-state index contributed by atoms with van der Waals surface area (Å²) in [5, 5.41) is 12.9. The van der Waals surface area contributed by atoms with Gasteiger partial charge in [0.2, 0.25) is 11.4 Å². The molecule has 1 aliphatic heterocycles. The van der Waals surface area contributed by atoms with Crippen LogP contribution in [0.15, 0.2) is 52.7 Å². The van der Waals surface area contributed by atoms with Crippen molar-refractivity contribution in [3.05, 3.63) is 69.4 Å². The summed E-state index contributed by atoms with van der Waals surface area (Å²) in [6.07, 6.45) is 20.5. The lowest BCUT2D eigenvalue weighted by Crippen LogP contribution is -2.70. The highest BCUT2D eigenvalue weighted by atomic mass is 16.7. The number of ether oxygens (including phenoxy) is 4. The Morgan fingerprint density at radius 3 is 1.65 bits per heavy atom. The van der Waals surface area contributed by atoms with E-state index in [0.29, 0.717) is 22.8 Å². The monoisotopic (exact) mass is 943 g/mol. The molecule has 0 spiro atoms. The van der Waals surface area contributed by atoms with Crippen molar-refractivity contribution in [3.63, 3.8) is 0 Å². The predicted molar refractivity (Wildman–Crippen MR) is 263 cm³/mol. The molecule has 0 amide bonds. The molecule has 1 heterocycles. The molecule has 0 aromatic heterocycles. The maximum Gasteiger partial charge on any atom is 0.317 e. The van der Waals surface area contributed by atoms with Crippen LogP contribution in [-0.2, 0) is 29.3 Å². The van der Waals surface area contributed by atoms with E-state index in [2.05, 4.69) is 81.4 Å². The van der Waals surface area contributed by atoms with Crippen LogP contribution in [0.2, 0.25) is 0 Å². The molecular weight excluding hydrogens is 865 g/mol. The second kappa shape index (κ2) is 13.7. The van der Waals surface area contributed by atoms with E-state index >= 15 is 0 Å². The normalized spacial score (nSPS) is 48.9. The van der Waals surface area contributed by atoms with Gasteiger partial charge in [0, 0.05) is 27.5 Å². The molecular formula is C60H78O9. The fourth-order valence-corrected chi connectivity index (χ4v) is 18.9. The summed E-state index contributed by atoms with van der Waals surface area (Å²) < 4.78 is 24.7. The lowest BCUT2D eigenvalue weighted by molar-refractivity contribution is -0.231. The molecule has 0 unspecified atom stereocenters. The van der Waals surface area contributed by atoms with E-state index in [1.54, 1.807) is 13.0 Å². The van der Waals surface area contributed by atoms with Gasteiger partial charge in [-0.1, -0.05) is 73.1 Å². The van der Waals surface area contributed by atoms with E-state index in [-0.39, 0.29) is 61.9 Å². The molecule has 1 N–H and O–H groups in total. The van der Waals surface area contributed by atoms with Gasteiger partial charge in [0.1, 0.15) is 0 Å². The van der Waals surface area contributed by atoms with Crippen molar-refractivity contribution in [2.75, 3.05) is 14.2 Å². The summed E-state index contributed by atoms with van der Waals surface area (Å²) in [5.74, 6) is -1.99. The van der Waals surface area contributed by atoms with E-state index < -0.39 is 38.8 Å². The van der Waals surface area contributed by atoms with Crippen LogP contribution in [0.3, 0.4) is 0 Å². The van der Waals surface area contributed by atoms with Crippen LogP contribution in [0.1, 0.15) is 188 Å². The number of hydrogen-bond donors (Lipinski definition) is 1. The van der Waals surface area contributed by atoms with Gasteiger partial charge >= 0.3 is 17.7 Å². The van der Waals surface area contributed by atoms with Gasteiger partial charge < -0.3 is 24.1 Å². The molecule has 14 atom stereocenters. The van der Waals surface area contributed by atoms with Crippen molar-refractivity contribution in [2.24, 2.45) is 60.6 Å². The smallest absolute Gasteiger partial charge is 0.317 e. The number of ketones is 2. The zero-order valence-corrected chi connectivity index (χ0v) is 44.2. The van der Waals surface area contributed by atoms with Crippen molar-refractivity contribution in [3.8, 4) is 11.5 Å². The summed E-state index contributed by atoms with van der Waals surface area (Å²) in [6.45, 7) is 27.0. The highest BCUT2D eigenvalue weighted by Gasteiger charge is 2.72. The van der Waals surface area contributed by atoms with Crippen molar-refractivity contribution >= 4 is 23.5 Å². The number of methoxy groups -OCH3 is 2. The van der Waals surface area contributed by atoms with Crippen LogP contribution in [0.5, 0.6) is 11.5 Å². The number of benzene rings is 1. The molecule has 0 saturated heterocycles. The third kappa shape index (κ3) is 5.38. The zero-order valence-electron chi connectivity index (χ0n) is 44.2. The van der Waals surface area contributed by atoms with Crippen molar-refractivity contribution < 1.29 is 43.2 Å². The van der Waals surface area contributed by atoms with Gasteiger partial charge in [-0.3, -0.25) is 19.2 Å². The summed E-state index contributed by atoms with van der Waals surface area (Å²) in [5.41, 5.74) is 1.75. The first-order chi connectivity index (χ1) is 32.0. The van der Waals surface area contributed by atoms with Gasteiger partial charge in [-0.2, -0.15) is 0 Å². The number of hydrogen-bond acceptors (Lipinski definition) is 9.